The van der Waals surface area contributed by atoms with Crippen LogP contribution in [0.15, 0.2) is 29.6 Å². The van der Waals surface area contributed by atoms with Crippen molar-refractivity contribution in [2.24, 2.45) is 0 Å². The molecule has 1 aliphatic heterocycles. The Kier molecular flexibility index (Phi) is 4.03. The van der Waals surface area contributed by atoms with Crippen LogP contribution in [-0.4, -0.2) is 18.0 Å². The van der Waals surface area contributed by atoms with Crippen LogP contribution >= 0.6 is 11.3 Å². The molecule has 0 fully saturated rings. The van der Waals surface area contributed by atoms with E-state index in [1.165, 1.54) is 6.07 Å². The second kappa shape index (κ2) is 5.83. The first-order valence-electron chi connectivity index (χ1n) is 6.76. The summed E-state index contributed by atoms with van der Waals surface area (Å²) in [5, 5.41) is 14.7. The zero-order chi connectivity index (χ0) is 15.7. The number of para-hydroxylation sites is 1. The first-order chi connectivity index (χ1) is 10.5. The number of aryl methyl sites for hydroxylation is 1. The van der Waals surface area contributed by atoms with E-state index in [-0.39, 0.29) is 30.7 Å². The molecule has 2 N–H and O–H groups in total. The number of aliphatic hydroxyl groups excluding tert-OH is 1. The van der Waals surface area contributed by atoms with Gasteiger partial charge in [0, 0.05) is 17.0 Å². The van der Waals surface area contributed by atoms with Gasteiger partial charge in [-0.2, -0.15) is 0 Å². The number of benzene rings is 1. The van der Waals surface area contributed by atoms with E-state index in [9.17, 15) is 13.9 Å². The Morgan fingerprint density at radius 2 is 2.14 bits per heavy atom. The van der Waals surface area contributed by atoms with Gasteiger partial charge >= 0.3 is 6.29 Å². The Morgan fingerprint density at radius 1 is 1.32 bits per heavy atom. The molecule has 7 heteroatoms. The van der Waals surface area contributed by atoms with Crippen LogP contribution in [0.3, 0.4) is 0 Å². The molecule has 0 radical (unpaired) electrons. The van der Waals surface area contributed by atoms with Crippen molar-refractivity contribution in [2.75, 3.05) is 6.61 Å². The lowest BCUT2D eigenvalue weighted by molar-refractivity contribution is -0.286. The zero-order valence-corrected chi connectivity index (χ0v) is 12.6. The molecule has 2 heterocycles. The number of fused-ring (bicyclic) bond motifs is 1. The van der Waals surface area contributed by atoms with E-state index < -0.39 is 6.29 Å². The van der Waals surface area contributed by atoms with E-state index in [1.54, 1.807) is 23.5 Å². The zero-order valence-electron chi connectivity index (χ0n) is 11.8. The molecule has 1 aromatic carbocycles. The molecule has 1 unspecified atom stereocenters. The smallest absolute Gasteiger partial charge is 0.395 e. The number of ether oxygens (including phenoxy) is 2. The largest absolute Gasteiger partial charge is 0.586 e. The minimum atomic E-state index is -3.63. The quantitative estimate of drug-likeness (QED) is 0.885. The summed E-state index contributed by atoms with van der Waals surface area (Å²) in [7, 11) is 0. The predicted octanol–water partition coefficient (Wildman–Crippen LogP) is 3.20. The van der Waals surface area contributed by atoms with Gasteiger partial charge in [-0.05, 0) is 30.0 Å². The number of nitrogens with one attached hydrogen (secondary N) is 1. The first-order valence-corrected chi connectivity index (χ1v) is 7.64. The lowest BCUT2D eigenvalue weighted by Crippen LogP contribution is -2.27. The summed E-state index contributed by atoms with van der Waals surface area (Å²) in [6.07, 6.45) is -3.63. The Hall–Kier alpha value is -1.70. The van der Waals surface area contributed by atoms with Gasteiger partial charge in [0.1, 0.15) is 0 Å². The van der Waals surface area contributed by atoms with Crippen molar-refractivity contribution >= 4 is 11.3 Å². The van der Waals surface area contributed by atoms with Crippen molar-refractivity contribution in [2.45, 2.75) is 25.8 Å². The molecule has 0 amide bonds. The highest BCUT2D eigenvalue weighted by Gasteiger charge is 2.44. The fourth-order valence-corrected chi connectivity index (χ4v) is 3.37. The van der Waals surface area contributed by atoms with Gasteiger partial charge in [-0.3, -0.25) is 0 Å². The van der Waals surface area contributed by atoms with Gasteiger partial charge < -0.3 is 19.9 Å². The number of thiophene rings is 1. The molecule has 0 aliphatic carbocycles. The van der Waals surface area contributed by atoms with Crippen molar-refractivity contribution in [3.8, 4) is 11.5 Å². The number of aliphatic hydroxyl groups is 1. The normalized spacial score (nSPS) is 16.7. The lowest BCUT2D eigenvalue weighted by Gasteiger charge is -2.16. The highest BCUT2D eigenvalue weighted by Crippen LogP contribution is 2.43. The summed E-state index contributed by atoms with van der Waals surface area (Å²) < 4.78 is 35.3. The van der Waals surface area contributed by atoms with Crippen molar-refractivity contribution < 1.29 is 23.4 Å². The molecule has 0 saturated carbocycles. The van der Waals surface area contributed by atoms with Crippen molar-refractivity contribution in [1.29, 1.82) is 0 Å². The standard InChI is InChI=1S/C15H15F2NO3S/c1-9-5-6-22-14(9)11(8-19)18-7-10-3-2-4-12-13(10)21-15(16,17)20-12/h2-6,11,18-19H,7-8H2,1H3. The second-order valence-corrected chi connectivity index (χ2v) is 5.94. The first kappa shape index (κ1) is 15.2. The average molecular weight is 327 g/mol. The Morgan fingerprint density at radius 3 is 2.82 bits per heavy atom. The summed E-state index contributed by atoms with van der Waals surface area (Å²) in [6.45, 7) is 2.17. The van der Waals surface area contributed by atoms with E-state index in [0.29, 0.717) is 5.56 Å². The van der Waals surface area contributed by atoms with Gasteiger partial charge in [0.15, 0.2) is 11.5 Å². The molecule has 0 bridgehead atoms. The van der Waals surface area contributed by atoms with Gasteiger partial charge in [0.25, 0.3) is 0 Å². The van der Waals surface area contributed by atoms with E-state index in [0.717, 1.165) is 10.4 Å². The molecule has 118 valence electrons. The molecule has 3 rings (SSSR count). The van der Waals surface area contributed by atoms with Crippen LogP contribution in [0.25, 0.3) is 0 Å². The molecular formula is C15H15F2NO3S. The minimum Gasteiger partial charge on any atom is -0.395 e. The maximum atomic E-state index is 13.2. The summed E-state index contributed by atoms with van der Waals surface area (Å²) in [4.78, 5) is 1.03. The highest BCUT2D eigenvalue weighted by molar-refractivity contribution is 7.10. The maximum absolute atomic E-state index is 13.2. The van der Waals surface area contributed by atoms with E-state index in [4.69, 9.17) is 0 Å². The van der Waals surface area contributed by atoms with Crippen LogP contribution in [0.2, 0.25) is 0 Å². The Labute approximate surface area is 130 Å². The SMILES string of the molecule is Cc1ccsc1C(CO)NCc1cccc2c1OC(F)(F)O2. The lowest BCUT2D eigenvalue weighted by atomic mass is 10.1. The molecular weight excluding hydrogens is 312 g/mol. The Balaban J connectivity index is 1.75. The summed E-state index contributed by atoms with van der Waals surface area (Å²) in [6, 6.07) is 6.48. The van der Waals surface area contributed by atoms with Gasteiger partial charge in [0.2, 0.25) is 0 Å². The second-order valence-electron chi connectivity index (χ2n) is 5.00. The van der Waals surface area contributed by atoms with Gasteiger partial charge in [-0.1, -0.05) is 12.1 Å². The molecule has 2 aromatic rings. The third-order valence-corrected chi connectivity index (χ3v) is 4.58. The van der Waals surface area contributed by atoms with Gasteiger partial charge in [-0.15, -0.1) is 20.1 Å². The molecule has 1 aliphatic rings. The topological polar surface area (TPSA) is 50.7 Å². The summed E-state index contributed by atoms with van der Waals surface area (Å²) in [5.74, 6) is 0.0664. The molecule has 22 heavy (non-hydrogen) atoms. The summed E-state index contributed by atoms with van der Waals surface area (Å²) in [5.41, 5.74) is 1.64. The molecule has 4 nitrogen and oxygen atoms in total. The third-order valence-electron chi connectivity index (χ3n) is 3.45. The number of halogens is 2. The molecule has 1 atom stereocenters. The minimum absolute atomic E-state index is 0.0251. The average Bonchev–Trinajstić information content (AvgIpc) is 3.02. The van der Waals surface area contributed by atoms with E-state index in [2.05, 4.69) is 14.8 Å². The van der Waals surface area contributed by atoms with Crippen LogP contribution in [-0.2, 0) is 6.54 Å². The van der Waals surface area contributed by atoms with Crippen molar-refractivity contribution in [3.05, 3.63) is 45.6 Å². The maximum Gasteiger partial charge on any atom is 0.586 e. The predicted molar refractivity (Wildman–Crippen MR) is 78.4 cm³/mol. The molecule has 0 spiro atoms. The van der Waals surface area contributed by atoms with Crippen LogP contribution in [0.5, 0.6) is 11.5 Å². The number of hydrogen-bond donors (Lipinski definition) is 2. The van der Waals surface area contributed by atoms with Crippen LogP contribution < -0.4 is 14.8 Å². The summed E-state index contributed by atoms with van der Waals surface area (Å²) >= 11 is 1.54. The third kappa shape index (κ3) is 2.92. The van der Waals surface area contributed by atoms with Crippen molar-refractivity contribution in [3.63, 3.8) is 0 Å². The van der Waals surface area contributed by atoms with Crippen LogP contribution in [0.1, 0.15) is 22.0 Å². The monoisotopic (exact) mass is 327 g/mol. The van der Waals surface area contributed by atoms with E-state index in [1.807, 2.05) is 18.4 Å². The number of alkyl halides is 2. The highest BCUT2D eigenvalue weighted by atomic mass is 32.1. The van der Waals surface area contributed by atoms with Crippen LogP contribution in [0, 0.1) is 6.92 Å². The van der Waals surface area contributed by atoms with Crippen molar-refractivity contribution in [1.82, 2.24) is 5.32 Å². The molecule has 0 saturated heterocycles. The van der Waals surface area contributed by atoms with Gasteiger partial charge in [0.05, 0.1) is 12.6 Å². The molecule has 1 aromatic heterocycles. The Bertz CT molecular complexity index is 675. The van der Waals surface area contributed by atoms with Crippen LogP contribution in [0.4, 0.5) is 8.78 Å². The van der Waals surface area contributed by atoms with E-state index >= 15 is 0 Å². The fourth-order valence-electron chi connectivity index (χ4n) is 2.38. The van der Waals surface area contributed by atoms with Gasteiger partial charge in [-0.25, -0.2) is 0 Å². The number of hydrogen-bond acceptors (Lipinski definition) is 5. The number of rotatable bonds is 5. The fraction of sp³-hybridized carbons (Fsp3) is 0.333.